The molecule has 3 N–H and O–H groups in total. The lowest BCUT2D eigenvalue weighted by molar-refractivity contribution is -0.384. The number of aliphatic imine (C=N–C) groups is 1. The zero-order chi connectivity index (χ0) is 26.8. The van der Waals surface area contributed by atoms with Crippen molar-refractivity contribution in [2.24, 2.45) is 12.0 Å². The normalized spacial score (nSPS) is 11.6. The van der Waals surface area contributed by atoms with Gasteiger partial charge in [-0.15, -0.1) is 0 Å². The minimum absolute atomic E-state index is 0.0952. The molecule has 0 fully saturated rings. The van der Waals surface area contributed by atoms with Gasteiger partial charge in [0.25, 0.3) is 5.69 Å². The molecular weight excluding hydrogens is 484 g/mol. The number of hydrogen-bond acceptors (Lipinski definition) is 6. The van der Waals surface area contributed by atoms with E-state index in [0.29, 0.717) is 40.0 Å². The maximum Gasteiger partial charge on any atom is 0.270 e. The molecule has 2 heterocycles. The molecule has 0 aliphatic rings. The van der Waals surface area contributed by atoms with E-state index in [1.165, 1.54) is 19.1 Å². The molecule has 5 rings (SSSR count). The second-order valence-corrected chi connectivity index (χ2v) is 8.81. The highest BCUT2D eigenvalue weighted by molar-refractivity contribution is 6.22. The Labute approximate surface area is 217 Å². The zero-order valence-electron chi connectivity index (χ0n) is 20.7. The van der Waals surface area contributed by atoms with Crippen LogP contribution >= 0.6 is 0 Å². The van der Waals surface area contributed by atoms with E-state index in [1.807, 2.05) is 66.3 Å². The van der Waals surface area contributed by atoms with Gasteiger partial charge in [0.15, 0.2) is 5.88 Å². The summed E-state index contributed by atoms with van der Waals surface area (Å²) in [6, 6.07) is 19.3. The molecule has 0 aliphatic heterocycles. The van der Waals surface area contributed by atoms with Gasteiger partial charge in [0.05, 0.1) is 21.9 Å². The number of amides is 1. The molecule has 0 radical (unpaired) electrons. The van der Waals surface area contributed by atoms with Crippen molar-refractivity contribution >= 4 is 33.9 Å². The zero-order valence-corrected chi connectivity index (χ0v) is 20.7. The Balaban J connectivity index is 1.63. The summed E-state index contributed by atoms with van der Waals surface area (Å²) in [6.45, 7) is 1.83. The minimum atomic E-state index is -0.475. The monoisotopic (exact) mass is 508 g/mol. The second kappa shape index (κ2) is 10.0. The number of carbonyl (C=O) groups excluding carboxylic acids is 1. The van der Waals surface area contributed by atoms with Crippen molar-refractivity contribution < 1.29 is 14.8 Å². The maximum absolute atomic E-state index is 11.5. The number of benzene rings is 3. The molecule has 2 aromatic heterocycles. The fourth-order valence-corrected chi connectivity index (χ4v) is 4.25. The number of nitro groups is 1. The number of nitro benzene ring substituents is 1. The van der Waals surface area contributed by atoms with E-state index in [0.717, 1.165) is 17.0 Å². The van der Waals surface area contributed by atoms with Crippen LogP contribution in [-0.4, -0.2) is 36.2 Å². The van der Waals surface area contributed by atoms with Crippen LogP contribution in [-0.2, 0) is 18.4 Å². The van der Waals surface area contributed by atoms with Gasteiger partial charge < -0.3 is 20.0 Å². The number of imidazole rings is 1. The first-order chi connectivity index (χ1) is 18.3. The third-order valence-corrected chi connectivity index (χ3v) is 6.17. The predicted octanol–water partition coefficient (Wildman–Crippen LogP) is 4.99. The Kier molecular flexibility index (Phi) is 6.44. The Morgan fingerprint density at radius 1 is 1.13 bits per heavy atom. The molecule has 3 aromatic carbocycles. The van der Waals surface area contributed by atoms with Crippen molar-refractivity contribution in [3.63, 3.8) is 0 Å². The topological polar surface area (TPSA) is 138 Å². The third-order valence-electron chi connectivity index (χ3n) is 6.17. The minimum Gasteiger partial charge on any atom is -0.494 e. The lowest BCUT2D eigenvalue weighted by atomic mass is 9.99. The molecule has 0 saturated heterocycles. The average Bonchev–Trinajstić information content (AvgIpc) is 3.48. The Morgan fingerprint density at radius 3 is 2.50 bits per heavy atom. The van der Waals surface area contributed by atoms with Crippen molar-refractivity contribution in [3.8, 4) is 17.3 Å². The number of nitrogens with one attached hydrogen (secondary N) is 2. The SMILES string of the molecule is CC(=O)NCc1ccc(C(=Nc2ccc(-c3nccn3C)cc2)c2c(O)[nH]c3ccc([N+](=O)[O-])cc23)cc1. The highest BCUT2D eigenvalue weighted by Gasteiger charge is 2.21. The number of non-ortho nitro benzene ring substituents is 1. The van der Waals surface area contributed by atoms with Gasteiger partial charge >= 0.3 is 0 Å². The number of rotatable bonds is 7. The molecule has 0 spiro atoms. The van der Waals surface area contributed by atoms with Gasteiger partial charge in [-0.05, 0) is 35.9 Å². The molecule has 10 nitrogen and oxygen atoms in total. The number of aromatic amines is 1. The summed E-state index contributed by atoms with van der Waals surface area (Å²) in [7, 11) is 1.92. The number of aromatic hydroxyl groups is 1. The standard InChI is InChI=1S/C28H24N6O4/c1-17(35)30-16-18-3-5-19(6-4-18)26(25-23-15-22(34(37)38)11-12-24(23)32-28(25)36)31-21-9-7-20(8-10-21)27-29-13-14-33(27)2/h3-15,32,36H,16H2,1-2H3,(H,30,35). The van der Waals surface area contributed by atoms with Crippen molar-refractivity contribution in [1.82, 2.24) is 19.9 Å². The smallest absolute Gasteiger partial charge is 0.270 e. The fourth-order valence-electron chi connectivity index (χ4n) is 4.25. The summed E-state index contributed by atoms with van der Waals surface area (Å²) in [4.78, 5) is 34.4. The molecular formula is C28H24N6O4. The van der Waals surface area contributed by atoms with Gasteiger partial charge in [-0.3, -0.25) is 14.9 Å². The first kappa shape index (κ1) is 24.4. The van der Waals surface area contributed by atoms with Gasteiger partial charge in [-0.2, -0.15) is 0 Å². The first-order valence-corrected chi connectivity index (χ1v) is 11.8. The number of aromatic nitrogens is 3. The molecule has 0 aliphatic carbocycles. The summed E-state index contributed by atoms with van der Waals surface area (Å²) in [5.74, 6) is 0.541. The van der Waals surface area contributed by atoms with Crippen LogP contribution in [0.1, 0.15) is 23.6 Å². The van der Waals surface area contributed by atoms with Crippen LogP contribution in [0, 0.1) is 10.1 Å². The van der Waals surface area contributed by atoms with Crippen LogP contribution in [0.5, 0.6) is 5.88 Å². The van der Waals surface area contributed by atoms with Crippen LogP contribution in [0.25, 0.3) is 22.3 Å². The summed E-state index contributed by atoms with van der Waals surface area (Å²) in [5.41, 5.74) is 4.36. The van der Waals surface area contributed by atoms with E-state index in [2.05, 4.69) is 15.3 Å². The van der Waals surface area contributed by atoms with Gasteiger partial charge in [-0.25, -0.2) is 9.98 Å². The largest absolute Gasteiger partial charge is 0.494 e. The highest BCUT2D eigenvalue weighted by atomic mass is 16.6. The van der Waals surface area contributed by atoms with Crippen LogP contribution in [0.4, 0.5) is 11.4 Å². The molecule has 1 amide bonds. The maximum atomic E-state index is 11.5. The van der Waals surface area contributed by atoms with E-state index in [1.54, 1.807) is 12.3 Å². The molecule has 10 heteroatoms. The summed E-state index contributed by atoms with van der Waals surface area (Å²) in [6.07, 6.45) is 3.60. The van der Waals surface area contributed by atoms with Gasteiger partial charge in [0.2, 0.25) is 5.91 Å². The fraction of sp³-hybridized carbons (Fsp3) is 0.107. The van der Waals surface area contributed by atoms with Crippen molar-refractivity contribution in [1.29, 1.82) is 0 Å². The third kappa shape index (κ3) is 4.87. The van der Waals surface area contributed by atoms with Crippen molar-refractivity contribution in [3.05, 3.63) is 106 Å². The number of nitrogens with zero attached hydrogens (tertiary/aromatic N) is 4. The van der Waals surface area contributed by atoms with Gasteiger partial charge in [0, 0.05) is 67.1 Å². The van der Waals surface area contributed by atoms with E-state index >= 15 is 0 Å². The van der Waals surface area contributed by atoms with Crippen molar-refractivity contribution in [2.45, 2.75) is 13.5 Å². The Morgan fingerprint density at radius 2 is 1.87 bits per heavy atom. The van der Waals surface area contributed by atoms with E-state index in [-0.39, 0.29) is 17.5 Å². The van der Waals surface area contributed by atoms with Gasteiger partial charge in [0.1, 0.15) is 5.82 Å². The molecule has 190 valence electrons. The number of hydrogen-bond donors (Lipinski definition) is 3. The van der Waals surface area contributed by atoms with Gasteiger partial charge in [-0.1, -0.05) is 24.3 Å². The molecule has 0 atom stereocenters. The lowest BCUT2D eigenvalue weighted by Gasteiger charge is -2.10. The Bertz CT molecular complexity index is 1680. The molecule has 38 heavy (non-hydrogen) atoms. The molecule has 0 saturated carbocycles. The van der Waals surface area contributed by atoms with Crippen LogP contribution < -0.4 is 5.32 Å². The van der Waals surface area contributed by atoms with Crippen LogP contribution in [0.2, 0.25) is 0 Å². The van der Waals surface area contributed by atoms with Crippen molar-refractivity contribution in [2.75, 3.05) is 0 Å². The molecule has 0 unspecified atom stereocenters. The van der Waals surface area contributed by atoms with Crippen LogP contribution in [0.15, 0.2) is 84.1 Å². The average molecular weight is 509 g/mol. The van der Waals surface area contributed by atoms with E-state index in [9.17, 15) is 20.0 Å². The van der Waals surface area contributed by atoms with Crippen LogP contribution in [0.3, 0.4) is 0 Å². The summed E-state index contributed by atoms with van der Waals surface area (Å²) < 4.78 is 1.92. The second-order valence-electron chi connectivity index (χ2n) is 8.81. The quantitative estimate of drug-likeness (QED) is 0.162. The highest BCUT2D eigenvalue weighted by Crippen LogP contribution is 2.34. The summed E-state index contributed by atoms with van der Waals surface area (Å²) in [5, 5.41) is 25.6. The molecule has 0 bridgehead atoms. The number of carbonyl (C=O) groups is 1. The summed E-state index contributed by atoms with van der Waals surface area (Å²) >= 11 is 0. The number of H-pyrrole nitrogens is 1. The first-order valence-electron chi connectivity index (χ1n) is 11.8. The van der Waals surface area contributed by atoms with E-state index in [4.69, 9.17) is 4.99 Å². The Hall–Kier alpha value is -5.25. The number of fused-ring (bicyclic) bond motifs is 1. The number of aryl methyl sites for hydroxylation is 1. The lowest BCUT2D eigenvalue weighted by Crippen LogP contribution is -2.18. The predicted molar refractivity (Wildman–Crippen MR) is 145 cm³/mol. The van der Waals surface area contributed by atoms with E-state index < -0.39 is 4.92 Å². The molecule has 5 aromatic rings.